The largest absolute Gasteiger partial charge is 0.383 e. The van der Waals surface area contributed by atoms with Crippen LogP contribution in [0.15, 0.2) is 53.3 Å². The molecule has 2 nitrogen and oxygen atoms in total. The number of pyridine rings is 1. The summed E-state index contributed by atoms with van der Waals surface area (Å²) >= 11 is 3.02. The molecule has 1 heterocycles. The highest BCUT2D eigenvalue weighted by Gasteiger charge is 2.22. The standard InChI is InChI=1S/C16H10BrF2NO/c17-10-6-13(18)15(14(19)7-10)16(21)11-3-1-2-9-4-5-20-8-12(9)11/h1-8,16,21H. The highest BCUT2D eigenvalue weighted by atomic mass is 79.9. The average Bonchev–Trinajstić information content (AvgIpc) is 2.45. The Morgan fingerprint density at radius 2 is 1.81 bits per heavy atom. The van der Waals surface area contributed by atoms with E-state index in [-0.39, 0.29) is 10.0 Å². The summed E-state index contributed by atoms with van der Waals surface area (Å²) in [6, 6.07) is 9.25. The minimum absolute atomic E-state index is 0.285. The summed E-state index contributed by atoms with van der Waals surface area (Å²) in [4.78, 5) is 4.00. The molecule has 0 fully saturated rings. The number of aliphatic hydroxyl groups is 1. The van der Waals surface area contributed by atoms with Crippen molar-refractivity contribution in [3.8, 4) is 0 Å². The SMILES string of the molecule is OC(c1c(F)cc(Br)cc1F)c1cccc2ccncc12. The molecule has 0 spiro atoms. The van der Waals surface area contributed by atoms with Crippen LogP contribution in [-0.4, -0.2) is 10.1 Å². The van der Waals surface area contributed by atoms with Gasteiger partial charge in [-0.2, -0.15) is 0 Å². The zero-order chi connectivity index (χ0) is 15.0. The Balaban J connectivity index is 2.20. The molecule has 0 saturated carbocycles. The van der Waals surface area contributed by atoms with E-state index in [4.69, 9.17) is 0 Å². The molecule has 1 atom stereocenters. The first kappa shape index (κ1) is 14.1. The lowest BCUT2D eigenvalue weighted by Crippen LogP contribution is -2.06. The first-order valence-corrected chi connectivity index (χ1v) is 7.02. The second kappa shape index (κ2) is 5.50. The number of nitrogens with zero attached hydrogens (tertiary/aromatic N) is 1. The van der Waals surface area contributed by atoms with Crippen LogP contribution in [0.5, 0.6) is 0 Å². The van der Waals surface area contributed by atoms with Crippen molar-refractivity contribution in [2.75, 3.05) is 0 Å². The second-order valence-electron chi connectivity index (χ2n) is 4.63. The van der Waals surface area contributed by atoms with E-state index in [9.17, 15) is 13.9 Å². The molecule has 0 radical (unpaired) electrons. The molecular weight excluding hydrogens is 340 g/mol. The van der Waals surface area contributed by atoms with Crippen LogP contribution in [0.2, 0.25) is 0 Å². The van der Waals surface area contributed by atoms with Crippen molar-refractivity contribution in [1.82, 2.24) is 4.98 Å². The van der Waals surface area contributed by atoms with Crippen molar-refractivity contribution in [2.24, 2.45) is 0 Å². The smallest absolute Gasteiger partial charge is 0.133 e. The van der Waals surface area contributed by atoms with Gasteiger partial charge in [0.25, 0.3) is 0 Å². The van der Waals surface area contributed by atoms with Gasteiger partial charge in [0.05, 0.1) is 5.56 Å². The molecule has 106 valence electrons. The van der Waals surface area contributed by atoms with Gasteiger partial charge >= 0.3 is 0 Å². The summed E-state index contributed by atoms with van der Waals surface area (Å²) in [6.45, 7) is 0. The first-order chi connectivity index (χ1) is 10.1. The van der Waals surface area contributed by atoms with Gasteiger partial charge in [-0.3, -0.25) is 4.98 Å². The maximum atomic E-state index is 14.0. The fourth-order valence-electron chi connectivity index (χ4n) is 2.35. The van der Waals surface area contributed by atoms with Gasteiger partial charge in [-0.25, -0.2) is 8.78 Å². The monoisotopic (exact) mass is 349 g/mol. The van der Waals surface area contributed by atoms with Gasteiger partial charge in [0.15, 0.2) is 0 Å². The molecule has 3 aromatic rings. The Labute approximate surface area is 128 Å². The molecule has 1 aromatic heterocycles. The minimum atomic E-state index is -1.40. The summed E-state index contributed by atoms with van der Waals surface area (Å²) in [7, 11) is 0. The van der Waals surface area contributed by atoms with Crippen molar-refractivity contribution in [3.63, 3.8) is 0 Å². The lowest BCUT2D eigenvalue weighted by Gasteiger charge is -2.15. The predicted octanol–water partition coefficient (Wildman–Crippen LogP) is 4.36. The van der Waals surface area contributed by atoms with Crippen LogP contribution in [0.1, 0.15) is 17.2 Å². The highest BCUT2D eigenvalue weighted by molar-refractivity contribution is 9.10. The summed E-state index contributed by atoms with van der Waals surface area (Å²) in [5.41, 5.74) is 0.0512. The molecule has 21 heavy (non-hydrogen) atoms. The normalized spacial score (nSPS) is 12.6. The van der Waals surface area contributed by atoms with E-state index in [1.165, 1.54) is 0 Å². The number of aromatic nitrogens is 1. The molecule has 0 aliphatic carbocycles. The lowest BCUT2D eigenvalue weighted by molar-refractivity contribution is 0.210. The van der Waals surface area contributed by atoms with Gasteiger partial charge in [0.1, 0.15) is 17.7 Å². The fraction of sp³-hybridized carbons (Fsp3) is 0.0625. The average molecular weight is 350 g/mol. The Kier molecular flexibility index (Phi) is 3.69. The fourth-order valence-corrected chi connectivity index (χ4v) is 2.75. The van der Waals surface area contributed by atoms with Gasteiger partial charge in [-0.15, -0.1) is 0 Å². The van der Waals surface area contributed by atoms with E-state index < -0.39 is 17.7 Å². The van der Waals surface area contributed by atoms with Crippen LogP contribution in [0.4, 0.5) is 8.78 Å². The quantitative estimate of drug-likeness (QED) is 0.745. The predicted molar refractivity (Wildman–Crippen MR) is 79.9 cm³/mol. The topological polar surface area (TPSA) is 33.1 Å². The summed E-state index contributed by atoms with van der Waals surface area (Å²) < 4.78 is 28.3. The number of hydrogen-bond acceptors (Lipinski definition) is 2. The van der Waals surface area contributed by atoms with Gasteiger partial charge in [-0.1, -0.05) is 34.1 Å². The van der Waals surface area contributed by atoms with Crippen LogP contribution in [0.25, 0.3) is 10.8 Å². The zero-order valence-electron chi connectivity index (χ0n) is 10.7. The minimum Gasteiger partial charge on any atom is -0.383 e. The first-order valence-electron chi connectivity index (χ1n) is 6.23. The van der Waals surface area contributed by atoms with Crippen LogP contribution in [0.3, 0.4) is 0 Å². The van der Waals surface area contributed by atoms with Gasteiger partial charge < -0.3 is 5.11 Å². The molecule has 5 heteroatoms. The number of fused-ring (bicyclic) bond motifs is 1. The van der Waals surface area contributed by atoms with Gasteiger partial charge in [0, 0.05) is 22.3 Å². The lowest BCUT2D eigenvalue weighted by atomic mass is 9.96. The molecule has 0 saturated heterocycles. The summed E-state index contributed by atoms with van der Waals surface area (Å²) in [5.74, 6) is -1.59. The van der Waals surface area contributed by atoms with Crippen molar-refractivity contribution >= 4 is 26.7 Å². The molecule has 1 N–H and O–H groups in total. The molecule has 0 bridgehead atoms. The maximum Gasteiger partial charge on any atom is 0.133 e. The number of hydrogen-bond donors (Lipinski definition) is 1. The Hall–Kier alpha value is -1.85. The van der Waals surface area contributed by atoms with Crippen LogP contribution >= 0.6 is 15.9 Å². The third-order valence-electron chi connectivity index (χ3n) is 3.33. The second-order valence-corrected chi connectivity index (χ2v) is 5.55. The van der Waals surface area contributed by atoms with Crippen molar-refractivity contribution in [2.45, 2.75) is 6.10 Å². The Bertz CT molecular complexity index is 794. The van der Waals surface area contributed by atoms with Crippen LogP contribution < -0.4 is 0 Å². The van der Waals surface area contributed by atoms with E-state index in [0.717, 1.165) is 17.5 Å². The van der Waals surface area contributed by atoms with E-state index in [1.807, 2.05) is 6.07 Å². The van der Waals surface area contributed by atoms with Crippen molar-refractivity contribution < 1.29 is 13.9 Å². The maximum absolute atomic E-state index is 14.0. The van der Waals surface area contributed by atoms with Crippen LogP contribution in [0, 0.1) is 11.6 Å². The molecule has 2 aromatic carbocycles. The molecule has 0 amide bonds. The van der Waals surface area contributed by atoms with E-state index in [2.05, 4.69) is 20.9 Å². The Morgan fingerprint density at radius 3 is 2.52 bits per heavy atom. The van der Waals surface area contributed by atoms with Crippen molar-refractivity contribution in [3.05, 3.63) is 76.0 Å². The molecule has 0 aliphatic heterocycles. The van der Waals surface area contributed by atoms with E-state index in [1.54, 1.807) is 30.6 Å². The Morgan fingerprint density at radius 1 is 1.10 bits per heavy atom. The van der Waals surface area contributed by atoms with Gasteiger partial charge in [-0.05, 0) is 29.1 Å². The third kappa shape index (κ3) is 2.54. The number of rotatable bonds is 2. The number of benzene rings is 2. The van der Waals surface area contributed by atoms with E-state index >= 15 is 0 Å². The number of aliphatic hydroxyl groups excluding tert-OH is 1. The highest BCUT2D eigenvalue weighted by Crippen LogP contribution is 2.32. The molecule has 0 aliphatic rings. The molecule has 3 rings (SSSR count). The molecular formula is C16H10BrF2NO. The van der Waals surface area contributed by atoms with Crippen molar-refractivity contribution in [1.29, 1.82) is 0 Å². The number of halogens is 3. The van der Waals surface area contributed by atoms with Gasteiger partial charge in [0.2, 0.25) is 0 Å². The van der Waals surface area contributed by atoms with E-state index in [0.29, 0.717) is 10.9 Å². The zero-order valence-corrected chi connectivity index (χ0v) is 12.3. The summed E-state index contributed by atoms with van der Waals surface area (Å²) in [6.07, 6.45) is 1.80. The molecule has 1 unspecified atom stereocenters. The third-order valence-corrected chi connectivity index (χ3v) is 3.79. The van der Waals surface area contributed by atoms with Crippen LogP contribution in [-0.2, 0) is 0 Å². The summed E-state index contributed by atoms with van der Waals surface area (Å²) in [5, 5.41) is 11.9.